The summed E-state index contributed by atoms with van der Waals surface area (Å²) in [7, 11) is 1.94. The van der Waals surface area contributed by atoms with Crippen LogP contribution in [0.25, 0.3) is 0 Å². The summed E-state index contributed by atoms with van der Waals surface area (Å²) in [5, 5.41) is 3.87. The quantitative estimate of drug-likeness (QED) is 0.887. The molecule has 6 heteroatoms. The van der Waals surface area contributed by atoms with Gasteiger partial charge in [0, 0.05) is 19.6 Å². The molecule has 0 aliphatic heterocycles. The summed E-state index contributed by atoms with van der Waals surface area (Å²) in [5.41, 5.74) is 5.85. The lowest BCUT2D eigenvalue weighted by Crippen LogP contribution is -2.32. The van der Waals surface area contributed by atoms with Crippen molar-refractivity contribution in [1.29, 1.82) is 0 Å². The number of rotatable bonds is 4. The molecule has 0 bridgehead atoms. The van der Waals surface area contributed by atoms with Crippen molar-refractivity contribution in [3.8, 4) is 0 Å². The molecule has 1 fully saturated rings. The second-order valence-electron chi connectivity index (χ2n) is 5.31. The van der Waals surface area contributed by atoms with E-state index in [9.17, 15) is 4.79 Å². The minimum Gasteiger partial charge on any atom is -0.382 e. The average Bonchev–Trinajstić information content (AvgIpc) is 2.94. The van der Waals surface area contributed by atoms with Crippen LogP contribution in [0, 0.1) is 5.92 Å². The molecule has 19 heavy (non-hydrogen) atoms. The van der Waals surface area contributed by atoms with Crippen LogP contribution in [-0.4, -0.2) is 30.5 Å². The van der Waals surface area contributed by atoms with Crippen molar-refractivity contribution in [2.45, 2.75) is 39.2 Å². The molecular weight excluding hydrogens is 260 g/mol. The fourth-order valence-corrected chi connectivity index (χ4v) is 3.28. The Morgan fingerprint density at radius 1 is 1.58 bits per heavy atom. The number of nitrogens with two attached hydrogens (primary N) is 1. The van der Waals surface area contributed by atoms with E-state index in [1.54, 1.807) is 0 Å². The average molecular weight is 282 g/mol. The largest absolute Gasteiger partial charge is 0.382 e. The molecule has 2 atom stereocenters. The topological polar surface area (TPSA) is 71.2 Å². The van der Waals surface area contributed by atoms with Gasteiger partial charge in [-0.15, -0.1) is 0 Å². The van der Waals surface area contributed by atoms with Gasteiger partial charge in [-0.3, -0.25) is 4.79 Å². The highest BCUT2D eigenvalue weighted by Gasteiger charge is 2.25. The third-order valence-electron chi connectivity index (χ3n) is 3.68. The first-order chi connectivity index (χ1) is 9.01. The Bertz CT molecular complexity index is 459. The van der Waals surface area contributed by atoms with Crippen LogP contribution in [0.5, 0.6) is 0 Å². The van der Waals surface area contributed by atoms with Gasteiger partial charge in [0.2, 0.25) is 0 Å². The van der Waals surface area contributed by atoms with Crippen LogP contribution >= 0.6 is 11.3 Å². The molecule has 106 valence electrons. The highest BCUT2D eigenvalue weighted by Crippen LogP contribution is 2.29. The lowest BCUT2D eigenvalue weighted by atomic mass is 10.1. The molecule has 0 saturated heterocycles. The number of carbonyl (C=O) groups excluding carboxylic acids is 1. The minimum absolute atomic E-state index is 0.0788. The molecule has 0 aromatic carbocycles. The third kappa shape index (κ3) is 3.18. The monoisotopic (exact) mass is 282 g/mol. The molecule has 1 amide bonds. The number of carbonyl (C=O) groups is 1. The summed E-state index contributed by atoms with van der Waals surface area (Å²) in [4.78, 5) is 19.0. The molecule has 1 heterocycles. The maximum atomic E-state index is 12.2. The number of hydrogen-bond donors (Lipinski definition) is 2. The highest BCUT2D eigenvalue weighted by atomic mass is 32.1. The molecule has 1 saturated carbocycles. The van der Waals surface area contributed by atoms with Gasteiger partial charge in [-0.05, 0) is 32.1 Å². The summed E-state index contributed by atoms with van der Waals surface area (Å²) in [6.07, 6.45) is 3.31. The zero-order chi connectivity index (χ0) is 14.0. The van der Waals surface area contributed by atoms with Crippen LogP contribution in [-0.2, 0) is 0 Å². The Morgan fingerprint density at radius 3 is 2.89 bits per heavy atom. The van der Waals surface area contributed by atoms with Crippen LogP contribution in [0.1, 0.15) is 42.8 Å². The van der Waals surface area contributed by atoms with Crippen molar-refractivity contribution in [2.75, 3.05) is 24.2 Å². The van der Waals surface area contributed by atoms with Crippen molar-refractivity contribution in [1.82, 2.24) is 10.3 Å². The molecule has 1 aromatic heterocycles. The first kappa shape index (κ1) is 14.1. The van der Waals surface area contributed by atoms with Crippen molar-refractivity contribution in [2.24, 2.45) is 5.92 Å². The molecule has 3 N–H and O–H groups in total. The van der Waals surface area contributed by atoms with Gasteiger partial charge in [0.15, 0.2) is 5.13 Å². The molecular formula is C13H22N4OS. The lowest BCUT2D eigenvalue weighted by molar-refractivity contribution is 0.0942. The number of nitrogen functional groups attached to an aromatic ring is 1. The van der Waals surface area contributed by atoms with Gasteiger partial charge in [0.25, 0.3) is 5.91 Å². The van der Waals surface area contributed by atoms with Gasteiger partial charge in [-0.1, -0.05) is 18.3 Å². The normalized spacial score (nSPS) is 22.5. The summed E-state index contributed by atoms with van der Waals surface area (Å²) in [5.74, 6) is 0.958. The minimum atomic E-state index is -0.0788. The maximum Gasteiger partial charge on any atom is 0.265 e. The van der Waals surface area contributed by atoms with Crippen LogP contribution in [0.15, 0.2) is 0 Å². The number of nitrogens with zero attached hydrogens (tertiary/aromatic N) is 2. The highest BCUT2D eigenvalue weighted by molar-refractivity contribution is 7.18. The van der Waals surface area contributed by atoms with Crippen LogP contribution in [0.3, 0.4) is 0 Å². The lowest BCUT2D eigenvalue weighted by Gasteiger charge is -2.12. The number of aromatic nitrogens is 1. The van der Waals surface area contributed by atoms with E-state index in [1.165, 1.54) is 17.8 Å². The SMILES string of the molecule is CCN(C)c1nc(N)c(C(=O)NC2CCC(C)C2)s1. The van der Waals surface area contributed by atoms with E-state index in [2.05, 4.69) is 17.2 Å². The second-order valence-corrected chi connectivity index (χ2v) is 6.29. The maximum absolute atomic E-state index is 12.2. The Balaban J connectivity index is 2.04. The smallest absolute Gasteiger partial charge is 0.265 e. The van der Waals surface area contributed by atoms with Gasteiger partial charge in [0.05, 0.1) is 0 Å². The fraction of sp³-hybridized carbons (Fsp3) is 0.692. The van der Waals surface area contributed by atoms with E-state index in [0.29, 0.717) is 16.6 Å². The number of hydrogen-bond acceptors (Lipinski definition) is 5. The molecule has 2 rings (SSSR count). The van der Waals surface area contributed by atoms with E-state index in [1.807, 2.05) is 18.9 Å². The summed E-state index contributed by atoms with van der Waals surface area (Å²) >= 11 is 1.36. The van der Waals surface area contributed by atoms with E-state index in [0.717, 1.165) is 24.5 Å². The van der Waals surface area contributed by atoms with Gasteiger partial charge >= 0.3 is 0 Å². The predicted octanol–water partition coefficient (Wildman–Crippen LogP) is 2.10. The predicted molar refractivity (Wildman–Crippen MR) is 79.7 cm³/mol. The molecule has 1 aliphatic rings. The zero-order valence-electron chi connectivity index (χ0n) is 11.8. The third-order valence-corrected chi connectivity index (χ3v) is 4.86. The van der Waals surface area contributed by atoms with Crippen LogP contribution < -0.4 is 16.0 Å². The van der Waals surface area contributed by atoms with Gasteiger partial charge in [-0.25, -0.2) is 4.98 Å². The van der Waals surface area contributed by atoms with Crippen molar-refractivity contribution in [3.05, 3.63) is 4.88 Å². The summed E-state index contributed by atoms with van der Waals surface area (Å²) in [6, 6.07) is 0.288. The zero-order valence-corrected chi connectivity index (χ0v) is 12.6. The summed E-state index contributed by atoms with van der Waals surface area (Å²) in [6.45, 7) is 5.10. The van der Waals surface area contributed by atoms with Crippen LogP contribution in [0.2, 0.25) is 0 Å². The second kappa shape index (κ2) is 5.77. The van der Waals surface area contributed by atoms with Crippen molar-refractivity contribution >= 4 is 28.2 Å². The first-order valence-electron chi connectivity index (χ1n) is 6.79. The first-order valence-corrected chi connectivity index (χ1v) is 7.61. The molecule has 0 radical (unpaired) electrons. The van der Waals surface area contributed by atoms with Gasteiger partial charge < -0.3 is 16.0 Å². The van der Waals surface area contributed by atoms with Crippen molar-refractivity contribution < 1.29 is 4.79 Å². The Hall–Kier alpha value is -1.30. The number of nitrogens with one attached hydrogen (secondary N) is 1. The van der Waals surface area contributed by atoms with E-state index < -0.39 is 0 Å². The molecule has 2 unspecified atom stereocenters. The van der Waals surface area contributed by atoms with E-state index >= 15 is 0 Å². The number of anilines is 2. The molecule has 5 nitrogen and oxygen atoms in total. The Kier molecular flexibility index (Phi) is 4.29. The molecule has 1 aromatic rings. The standard InChI is InChI=1S/C13H22N4OS/c1-4-17(3)13-16-11(14)10(19-13)12(18)15-9-6-5-8(2)7-9/h8-9H,4-7,14H2,1-3H3,(H,15,18). The fourth-order valence-electron chi connectivity index (χ4n) is 2.37. The van der Waals surface area contributed by atoms with E-state index in [-0.39, 0.29) is 11.9 Å². The summed E-state index contributed by atoms with van der Waals surface area (Å²) < 4.78 is 0. The number of thiazole rings is 1. The Morgan fingerprint density at radius 2 is 2.32 bits per heavy atom. The van der Waals surface area contributed by atoms with Crippen molar-refractivity contribution in [3.63, 3.8) is 0 Å². The Labute approximate surface area is 118 Å². The number of amides is 1. The van der Waals surface area contributed by atoms with Crippen LogP contribution in [0.4, 0.5) is 10.9 Å². The molecule has 1 aliphatic carbocycles. The van der Waals surface area contributed by atoms with Gasteiger partial charge in [0.1, 0.15) is 10.7 Å². The van der Waals surface area contributed by atoms with E-state index in [4.69, 9.17) is 5.73 Å². The van der Waals surface area contributed by atoms with Gasteiger partial charge in [-0.2, -0.15) is 0 Å². The molecule has 0 spiro atoms.